The lowest BCUT2D eigenvalue weighted by atomic mass is 9.80. The second-order valence-corrected chi connectivity index (χ2v) is 8.18. The lowest BCUT2D eigenvalue weighted by molar-refractivity contribution is -0.384. The number of hydrogen-bond donors (Lipinski definition) is 1. The summed E-state index contributed by atoms with van der Waals surface area (Å²) in [5.41, 5.74) is 1.69. The fraction of sp³-hybridized carbons (Fsp3) is 0.296. The van der Waals surface area contributed by atoms with E-state index in [0.717, 1.165) is 6.07 Å². The van der Waals surface area contributed by atoms with Crippen LogP contribution >= 0.6 is 0 Å². The van der Waals surface area contributed by atoms with Gasteiger partial charge in [0.25, 0.3) is 5.69 Å². The normalized spacial score (nSPS) is 13.5. The van der Waals surface area contributed by atoms with Crippen molar-refractivity contribution < 1.29 is 38.3 Å². The predicted octanol–water partition coefficient (Wildman–Crippen LogP) is 4.18. The SMILES string of the molecule is CCOC(=O)C1=C(C)NC(C)=C(C(=O)OCC)C1c1ccc(OC(=O)c2cccc([N+](=O)[O-])c2)c(OC)c1. The van der Waals surface area contributed by atoms with Gasteiger partial charge in [0, 0.05) is 23.5 Å². The molecule has 0 saturated carbocycles. The Kier molecular flexibility index (Phi) is 8.85. The number of allylic oxidation sites excluding steroid dienone is 2. The number of nitro benzene ring substituents is 1. The summed E-state index contributed by atoms with van der Waals surface area (Å²) >= 11 is 0. The average molecular weight is 525 g/mol. The molecule has 0 unspecified atom stereocenters. The Morgan fingerprint density at radius 2 is 1.50 bits per heavy atom. The van der Waals surface area contributed by atoms with Crippen LogP contribution in [0.1, 0.15) is 49.5 Å². The number of nitrogens with one attached hydrogen (secondary N) is 1. The molecule has 0 spiro atoms. The molecule has 0 aromatic heterocycles. The Balaban J connectivity index is 2.06. The third-order valence-electron chi connectivity index (χ3n) is 5.77. The van der Waals surface area contributed by atoms with Crippen molar-refractivity contribution in [1.29, 1.82) is 0 Å². The molecule has 2 aromatic rings. The molecule has 38 heavy (non-hydrogen) atoms. The number of dihydropyridines is 1. The van der Waals surface area contributed by atoms with Gasteiger partial charge in [-0.25, -0.2) is 14.4 Å². The summed E-state index contributed by atoms with van der Waals surface area (Å²) in [4.78, 5) is 49.1. The fourth-order valence-corrected chi connectivity index (χ4v) is 4.14. The highest BCUT2D eigenvalue weighted by atomic mass is 16.6. The van der Waals surface area contributed by atoms with Crippen LogP contribution in [0.2, 0.25) is 0 Å². The van der Waals surface area contributed by atoms with Gasteiger partial charge in [0.2, 0.25) is 0 Å². The second kappa shape index (κ2) is 12.0. The largest absolute Gasteiger partial charge is 0.493 e. The van der Waals surface area contributed by atoms with Crippen molar-refractivity contribution in [2.24, 2.45) is 0 Å². The van der Waals surface area contributed by atoms with Gasteiger partial charge in [0.05, 0.1) is 47.9 Å². The van der Waals surface area contributed by atoms with Gasteiger partial charge in [0.1, 0.15) is 0 Å². The molecule has 2 aromatic carbocycles. The molecule has 200 valence electrons. The molecule has 3 rings (SSSR count). The first-order valence-corrected chi connectivity index (χ1v) is 11.8. The number of rotatable bonds is 9. The standard InChI is InChI=1S/C27H28N2O9/c1-6-36-26(31)22-15(3)28-16(4)23(27(32)37-7-2)24(22)17-11-12-20(21(14-17)35-5)38-25(30)18-9-8-10-19(13-18)29(33)34/h8-14,24,28H,6-7H2,1-5H3. The lowest BCUT2D eigenvalue weighted by Crippen LogP contribution is -2.32. The molecule has 1 N–H and O–H groups in total. The van der Waals surface area contributed by atoms with E-state index in [1.54, 1.807) is 39.8 Å². The number of hydrogen-bond acceptors (Lipinski definition) is 10. The Morgan fingerprint density at radius 3 is 2.03 bits per heavy atom. The van der Waals surface area contributed by atoms with Gasteiger partial charge in [-0.15, -0.1) is 0 Å². The maximum atomic E-state index is 13.0. The molecule has 0 fully saturated rings. The summed E-state index contributed by atoms with van der Waals surface area (Å²) in [5, 5.41) is 14.1. The number of nitrogens with zero attached hydrogens (tertiary/aromatic N) is 1. The molecule has 1 aliphatic rings. The third-order valence-corrected chi connectivity index (χ3v) is 5.77. The van der Waals surface area contributed by atoms with E-state index in [4.69, 9.17) is 18.9 Å². The van der Waals surface area contributed by atoms with E-state index in [-0.39, 0.29) is 47.1 Å². The first-order chi connectivity index (χ1) is 18.1. The van der Waals surface area contributed by atoms with E-state index in [1.807, 2.05) is 0 Å². The smallest absolute Gasteiger partial charge is 0.343 e. The molecule has 11 nitrogen and oxygen atoms in total. The zero-order valence-electron chi connectivity index (χ0n) is 21.7. The minimum absolute atomic E-state index is 0.0185. The second-order valence-electron chi connectivity index (χ2n) is 8.18. The molecule has 1 aliphatic heterocycles. The summed E-state index contributed by atoms with van der Waals surface area (Å²) in [5.74, 6) is -2.70. The van der Waals surface area contributed by atoms with Crippen LogP contribution < -0.4 is 14.8 Å². The lowest BCUT2D eigenvalue weighted by Gasteiger charge is -2.30. The van der Waals surface area contributed by atoms with Gasteiger partial charge in [-0.3, -0.25) is 10.1 Å². The maximum absolute atomic E-state index is 13.0. The van der Waals surface area contributed by atoms with Crippen LogP contribution in [0.3, 0.4) is 0 Å². The summed E-state index contributed by atoms with van der Waals surface area (Å²) in [6.07, 6.45) is 0. The fourth-order valence-electron chi connectivity index (χ4n) is 4.14. The highest BCUT2D eigenvalue weighted by Gasteiger charge is 2.38. The van der Waals surface area contributed by atoms with Crippen molar-refractivity contribution >= 4 is 23.6 Å². The van der Waals surface area contributed by atoms with Crippen molar-refractivity contribution in [2.75, 3.05) is 20.3 Å². The number of esters is 3. The number of carbonyl (C=O) groups is 3. The van der Waals surface area contributed by atoms with Gasteiger partial charge in [-0.2, -0.15) is 0 Å². The first kappa shape index (κ1) is 27.9. The van der Waals surface area contributed by atoms with Crippen molar-refractivity contribution in [1.82, 2.24) is 5.32 Å². The number of methoxy groups -OCH3 is 1. The van der Waals surface area contributed by atoms with Crippen LogP contribution in [-0.4, -0.2) is 43.2 Å². The monoisotopic (exact) mass is 524 g/mol. The van der Waals surface area contributed by atoms with Gasteiger partial charge in [-0.05, 0) is 51.5 Å². The first-order valence-electron chi connectivity index (χ1n) is 11.8. The molecule has 0 atom stereocenters. The highest BCUT2D eigenvalue weighted by Crippen LogP contribution is 2.42. The van der Waals surface area contributed by atoms with Crippen molar-refractivity contribution in [2.45, 2.75) is 33.6 Å². The molecule has 0 saturated heterocycles. The highest BCUT2D eigenvalue weighted by molar-refractivity contribution is 6.00. The molecular weight excluding hydrogens is 496 g/mol. The van der Waals surface area contributed by atoms with E-state index < -0.39 is 28.7 Å². The van der Waals surface area contributed by atoms with Crippen molar-refractivity contribution in [3.63, 3.8) is 0 Å². The van der Waals surface area contributed by atoms with Crippen LogP contribution in [0.25, 0.3) is 0 Å². The van der Waals surface area contributed by atoms with Crippen molar-refractivity contribution in [3.8, 4) is 11.5 Å². The maximum Gasteiger partial charge on any atom is 0.343 e. The van der Waals surface area contributed by atoms with E-state index in [1.165, 1.54) is 31.4 Å². The molecule has 0 bridgehead atoms. The summed E-state index contributed by atoms with van der Waals surface area (Å²) < 4.78 is 21.5. The molecule has 0 radical (unpaired) electrons. The van der Waals surface area contributed by atoms with Gasteiger partial charge >= 0.3 is 17.9 Å². The summed E-state index contributed by atoms with van der Waals surface area (Å²) in [7, 11) is 1.37. The van der Waals surface area contributed by atoms with Crippen LogP contribution in [0.4, 0.5) is 5.69 Å². The van der Waals surface area contributed by atoms with Gasteiger partial charge < -0.3 is 24.3 Å². The number of non-ortho nitro benzene ring substituents is 1. The van der Waals surface area contributed by atoms with Crippen LogP contribution in [0, 0.1) is 10.1 Å². The minimum Gasteiger partial charge on any atom is -0.493 e. The molecule has 1 heterocycles. The Hall–Kier alpha value is -4.67. The number of nitro groups is 1. The van der Waals surface area contributed by atoms with Crippen LogP contribution in [0.15, 0.2) is 65.0 Å². The van der Waals surface area contributed by atoms with E-state index in [2.05, 4.69) is 5.32 Å². The summed E-state index contributed by atoms with van der Waals surface area (Å²) in [6, 6.07) is 9.74. The predicted molar refractivity (Wildman–Crippen MR) is 136 cm³/mol. The molecule has 11 heteroatoms. The average Bonchev–Trinajstić information content (AvgIpc) is 2.88. The zero-order chi connectivity index (χ0) is 28.0. The topological polar surface area (TPSA) is 143 Å². The Bertz CT molecular complexity index is 1300. The number of benzene rings is 2. The quantitative estimate of drug-likeness (QED) is 0.219. The zero-order valence-corrected chi connectivity index (χ0v) is 21.7. The van der Waals surface area contributed by atoms with E-state index in [0.29, 0.717) is 17.0 Å². The van der Waals surface area contributed by atoms with Crippen LogP contribution in [0.5, 0.6) is 11.5 Å². The van der Waals surface area contributed by atoms with Gasteiger partial charge in [0.15, 0.2) is 11.5 Å². The number of ether oxygens (including phenoxy) is 4. The van der Waals surface area contributed by atoms with E-state index >= 15 is 0 Å². The van der Waals surface area contributed by atoms with E-state index in [9.17, 15) is 24.5 Å². The Morgan fingerprint density at radius 1 is 0.895 bits per heavy atom. The van der Waals surface area contributed by atoms with Crippen LogP contribution in [-0.2, 0) is 19.1 Å². The number of carbonyl (C=O) groups excluding carboxylic acids is 3. The van der Waals surface area contributed by atoms with Crippen molar-refractivity contribution in [3.05, 3.63) is 86.2 Å². The van der Waals surface area contributed by atoms with Gasteiger partial charge in [-0.1, -0.05) is 12.1 Å². The Labute approximate surface area is 219 Å². The summed E-state index contributed by atoms with van der Waals surface area (Å²) in [6.45, 7) is 7.04. The molecular formula is C27H28N2O9. The minimum atomic E-state index is -0.857. The molecule has 0 aliphatic carbocycles. The third kappa shape index (κ3) is 5.83. The molecule has 0 amide bonds.